The van der Waals surface area contributed by atoms with Gasteiger partial charge in [-0.25, -0.2) is 0 Å². The largest absolute Gasteiger partial charge is 0.392 e. The fourth-order valence-corrected chi connectivity index (χ4v) is 6.25. The van der Waals surface area contributed by atoms with Crippen LogP contribution in [0, 0.1) is 23.7 Å². The summed E-state index contributed by atoms with van der Waals surface area (Å²) in [6, 6.07) is 0. The Morgan fingerprint density at radius 3 is 2.69 bits per heavy atom. The van der Waals surface area contributed by atoms with Gasteiger partial charge >= 0.3 is 0 Å². The van der Waals surface area contributed by atoms with Crippen molar-refractivity contribution < 1.29 is 14.9 Å². The van der Waals surface area contributed by atoms with Crippen molar-refractivity contribution in [3.63, 3.8) is 0 Å². The average Bonchev–Trinajstić information content (AvgIpc) is 3.44. The Kier molecular flexibility index (Phi) is 7.85. The second-order valence-corrected chi connectivity index (χ2v) is 9.94. The van der Waals surface area contributed by atoms with Gasteiger partial charge in [-0.1, -0.05) is 36.6 Å². The maximum absolute atomic E-state index is 10.6. The highest BCUT2D eigenvalue weighted by Crippen LogP contribution is 2.50. The summed E-state index contributed by atoms with van der Waals surface area (Å²) in [5.74, 6) is 1.90. The molecule has 0 radical (unpaired) electrons. The Bertz CT molecular complexity index is 562. The van der Waals surface area contributed by atoms with Gasteiger partial charge in [-0.3, -0.25) is 4.90 Å². The quantitative estimate of drug-likeness (QED) is 0.476. The molecular formula is C25H41NO3. The number of allylic oxidation sites excluding steroid dienone is 2. The Balaban J connectivity index is 1.20. The predicted octanol–water partition coefficient (Wildman–Crippen LogP) is 3.93. The van der Waals surface area contributed by atoms with E-state index < -0.39 is 0 Å². The first-order valence-corrected chi connectivity index (χ1v) is 12.2. The molecule has 5 atom stereocenters. The van der Waals surface area contributed by atoms with E-state index in [1.165, 1.54) is 45.1 Å². The van der Waals surface area contributed by atoms with Crippen LogP contribution in [0.3, 0.4) is 0 Å². The van der Waals surface area contributed by atoms with E-state index in [2.05, 4.69) is 17.1 Å². The van der Waals surface area contributed by atoms with Crippen LogP contribution < -0.4 is 0 Å². The highest BCUT2D eigenvalue weighted by atomic mass is 16.5. The SMILES string of the molecule is O[C@@H]1C[C@@H]2CC(=CCCCCN3CCOCC3)C[C@@H]2[C@H]1/C=C/[C@H](O)C1CCCC1. The number of fused-ring (bicyclic) bond motifs is 1. The summed E-state index contributed by atoms with van der Waals surface area (Å²) in [6.45, 7) is 5.19. The predicted molar refractivity (Wildman–Crippen MR) is 117 cm³/mol. The second kappa shape index (κ2) is 10.6. The first-order valence-electron chi connectivity index (χ1n) is 12.2. The number of rotatable bonds is 8. The zero-order chi connectivity index (χ0) is 20.1. The Morgan fingerprint density at radius 1 is 1.10 bits per heavy atom. The number of aliphatic hydroxyl groups excluding tert-OH is 2. The molecule has 0 spiro atoms. The van der Waals surface area contributed by atoms with Crippen LogP contribution in [-0.4, -0.2) is 60.2 Å². The number of morpholine rings is 1. The third-order valence-electron chi connectivity index (χ3n) is 7.99. The van der Waals surface area contributed by atoms with Gasteiger partial charge in [0.15, 0.2) is 0 Å². The molecule has 4 fully saturated rings. The zero-order valence-electron chi connectivity index (χ0n) is 18.1. The van der Waals surface area contributed by atoms with Crippen molar-refractivity contribution >= 4 is 0 Å². The molecule has 2 N–H and O–H groups in total. The van der Waals surface area contributed by atoms with Crippen LogP contribution in [0.25, 0.3) is 0 Å². The van der Waals surface area contributed by atoms with E-state index in [9.17, 15) is 10.2 Å². The van der Waals surface area contributed by atoms with Gasteiger partial charge in [0.05, 0.1) is 25.4 Å². The summed E-state index contributed by atoms with van der Waals surface area (Å²) < 4.78 is 5.42. The van der Waals surface area contributed by atoms with Gasteiger partial charge < -0.3 is 14.9 Å². The van der Waals surface area contributed by atoms with Crippen LogP contribution in [0.2, 0.25) is 0 Å². The minimum atomic E-state index is -0.313. The molecule has 29 heavy (non-hydrogen) atoms. The van der Waals surface area contributed by atoms with Crippen molar-refractivity contribution in [2.75, 3.05) is 32.8 Å². The van der Waals surface area contributed by atoms with Crippen molar-refractivity contribution in [2.45, 2.75) is 76.4 Å². The molecule has 0 aromatic carbocycles. The third-order valence-corrected chi connectivity index (χ3v) is 7.99. The van der Waals surface area contributed by atoms with E-state index in [0.717, 1.165) is 52.0 Å². The molecule has 0 unspecified atom stereocenters. The lowest BCUT2D eigenvalue weighted by Crippen LogP contribution is -2.36. The van der Waals surface area contributed by atoms with E-state index in [4.69, 9.17) is 4.74 Å². The number of aliphatic hydroxyl groups is 2. The lowest BCUT2D eigenvalue weighted by Gasteiger charge is -2.26. The van der Waals surface area contributed by atoms with Crippen molar-refractivity contribution in [3.05, 3.63) is 23.8 Å². The van der Waals surface area contributed by atoms with E-state index in [0.29, 0.717) is 17.8 Å². The fourth-order valence-electron chi connectivity index (χ4n) is 6.25. The number of hydrogen-bond acceptors (Lipinski definition) is 4. The van der Waals surface area contributed by atoms with Crippen molar-refractivity contribution in [2.24, 2.45) is 23.7 Å². The molecule has 4 heteroatoms. The lowest BCUT2D eigenvalue weighted by atomic mass is 9.89. The third kappa shape index (κ3) is 5.72. The van der Waals surface area contributed by atoms with Crippen LogP contribution in [0.1, 0.15) is 64.2 Å². The van der Waals surface area contributed by atoms with Gasteiger partial charge in [-0.2, -0.15) is 0 Å². The lowest BCUT2D eigenvalue weighted by molar-refractivity contribution is 0.0372. The topological polar surface area (TPSA) is 52.9 Å². The smallest absolute Gasteiger partial charge is 0.0749 e. The molecule has 0 aromatic heterocycles. The molecule has 3 saturated carbocycles. The molecule has 4 aliphatic rings. The second-order valence-electron chi connectivity index (χ2n) is 9.94. The van der Waals surface area contributed by atoms with Gasteiger partial charge in [-0.05, 0) is 75.7 Å². The summed E-state index contributed by atoms with van der Waals surface area (Å²) in [5.41, 5.74) is 1.62. The van der Waals surface area contributed by atoms with Crippen LogP contribution in [0.5, 0.6) is 0 Å². The Morgan fingerprint density at radius 2 is 1.90 bits per heavy atom. The van der Waals surface area contributed by atoms with Crippen molar-refractivity contribution in [1.29, 1.82) is 0 Å². The van der Waals surface area contributed by atoms with Gasteiger partial charge in [0.1, 0.15) is 0 Å². The molecule has 4 rings (SSSR count). The molecule has 0 amide bonds. The summed E-state index contributed by atoms with van der Waals surface area (Å²) in [7, 11) is 0. The van der Waals surface area contributed by atoms with Crippen LogP contribution in [0.4, 0.5) is 0 Å². The molecule has 1 aliphatic heterocycles. The van der Waals surface area contributed by atoms with Gasteiger partial charge in [-0.15, -0.1) is 0 Å². The summed E-state index contributed by atoms with van der Waals surface area (Å²) in [5, 5.41) is 21.0. The summed E-state index contributed by atoms with van der Waals surface area (Å²) in [6.07, 6.45) is 18.0. The maximum Gasteiger partial charge on any atom is 0.0749 e. The molecule has 4 nitrogen and oxygen atoms in total. The zero-order valence-corrected chi connectivity index (χ0v) is 18.1. The highest BCUT2D eigenvalue weighted by Gasteiger charge is 2.45. The van der Waals surface area contributed by atoms with Gasteiger partial charge in [0.2, 0.25) is 0 Å². The number of hydrogen-bond donors (Lipinski definition) is 2. The fraction of sp³-hybridized carbons (Fsp3) is 0.840. The van der Waals surface area contributed by atoms with Crippen LogP contribution in [0.15, 0.2) is 23.8 Å². The summed E-state index contributed by atoms with van der Waals surface area (Å²) in [4.78, 5) is 2.52. The van der Waals surface area contributed by atoms with Gasteiger partial charge in [0, 0.05) is 19.0 Å². The molecule has 1 heterocycles. The number of unbranched alkanes of at least 4 members (excludes halogenated alkanes) is 2. The van der Waals surface area contributed by atoms with Crippen molar-refractivity contribution in [1.82, 2.24) is 4.90 Å². The highest BCUT2D eigenvalue weighted by molar-refractivity contribution is 5.18. The Labute approximate surface area is 177 Å². The van der Waals surface area contributed by atoms with Crippen LogP contribution in [-0.2, 0) is 4.74 Å². The molecule has 1 saturated heterocycles. The Hall–Kier alpha value is -0.680. The monoisotopic (exact) mass is 403 g/mol. The molecule has 0 bridgehead atoms. The van der Waals surface area contributed by atoms with E-state index in [-0.39, 0.29) is 18.1 Å². The molecular weight excluding hydrogens is 362 g/mol. The van der Waals surface area contributed by atoms with E-state index in [1.807, 2.05) is 6.08 Å². The number of ether oxygens (including phenoxy) is 1. The van der Waals surface area contributed by atoms with E-state index in [1.54, 1.807) is 5.57 Å². The maximum atomic E-state index is 10.6. The first-order chi connectivity index (χ1) is 14.2. The minimum Gasteiger partial charge on any atom is -0.392 e. The van der Waals surface area contributed by atoms with Gasteiger partial charge in [0.25, 0.3) is 0 Å². The van der Waals surface area contributed by atoms with Crippen molar-refractivity contribution in [3.8, 4) is 0 Å². The standard InChI is InChI=1S/C25H41NO3/c27-24(20-7-3-4-8-20)10-9-22-23-17-19(16-21(23)18-25(22)28)6-2-1-5-11-26-12-14-29-15-13-26/h6,9-10,20-25,27-28H,1-5,7-8,11-18H2/b10-9+,19-6?/t21-,22+,23-,24-,25+/m0/s1. The summed E-state index contributed by atoms with van der Waals surface area (Å²) >= 11 is 0. The number of nitrogens with zero attached hydrogens (tertiary/aromatic N) is 1. The molecule has 3 aliphatic carbocycles. The normalized spacial score (nSPS) is 36.4. The average molecular weight is 404 g/mol. The molecule has 164 valence electrons. The minimum absolute atomic E-state index is 0.216. The van der Waals surface area contributed by atoms with Crippen LogP contribution >= 0.6 is 0 Å². The molecule has 0 aromatic rings. The first kappa shape index (κ1) is 21.5. The van der Waals surface area contributed by atoms with E-state index >= 15 is 0 Å².